The summed E-state index contributed by atoms with van der Waals surface area (Å²) in [6.07, 6.45) is 4.26. The molecule has 6 heteroatoms. The molecule has 0 aromatic rings. The highest BCUT2D eigenvalue weighted by atomic mass is 19.1. The zero-order chi connectivity index (χ0) is 20.7. The number of carbonyl (C=O) groups excluding carboxylic acids is 2. The molecular formula is C22H29FO5. The van der Waals surface area contributed by atoms with Crippen LogP contribution in [0, 0.1) is 28.6 Å². The summed E-state index contributed by atoms with van der Waals surface area (Å²) < 4.78 is 16.9. The Kier molecular flexibility index (Phi) is 4.15. The Morgan fingerprint density at radius 1 is 1.25 bits per heavy atom. The Morgan fingerprint density at radius 2 is 1.93 bits per heavy atom. The van der Waals surface area contributed by atoms with Gasteiger partial charge in [-0.15, -0.1) is 0 Å². The number of aliphatic hydroxyl groups excluding tert-OH is 2. The van der Waals surface area contributed by atoms with Crippen molar-refractivity contribution in [2.75, 3.05) is 6.61 Å². The number of hydrogen-bond donors (Lipinski definition) is 3. The third-order valence-corrected chi connectivity index (χ3v) is 8.67. The van der Waals surface area contributed by atoms with Crippen LogP contribution in [0.4, 0.5) is 4.39 Å². The Bertz CT molecular complexity index is 805. The normalized spacial score (nSPS) is 53.2. The number of halogens is 1. The van der Waals surface area contributed by atoms with Gasteiger partial charge in [0.15, 0.2) is 22.8 Å². The van der Waals surface area contributed by atoms with Crippen molar-refractivity contribution in [2.45, 2.75) is 63.8 Å². The van der Waals surface area contributed by atoms with Gasteiger partial charge in [0, 0.05) is 22.7 Å². The molecule has 3 N–H and O–H groups in total. The number of allylic oxidation sites excluding steroid dienone is 4. The fourth-order valence-corrected chi connectivity index (χ4v) is 6.91. The highest BCUT2D eigenvalue weighted by Gasteiger charge is 2.73. The van der Waals surface area contributed by atoms with Gasteiger partial charge in [0.05, 0.1) is 12.7 Å². The van der Waals surface area contributed by atoms with Crippen molar-refractivity contribution in [3.8, 4) is 0 Å². The second-order valence-electron chi connectivity index (χ2n) is 9.78. The number of fused-ring (bicyclic) bond motifs is 5. The van der Waals surface area contributed by atoms with Crippen LogP contribution < -0.4 is 0 Å². The van der Waals surface area contributed by atoms with E-state index < -0.39 is 52.4 Å². The average molecular weight is 392 g/mol. The Hall–Kier alpha value is -1.37. The summed E-state index contributed by atoms with van der Waals surface area (Å²) in [5, 5.41) is 32.2. The lowest BCUT2D eigenvalue weighted by atomic mass is 9.40. The summed E-state index contributed by atoms with van der Waals surface area (Å²) in [6.45, 7) is 4.41. The van der Waals surface area contributed by atoms with E-state index >= 15 is 4.39 Å². The summed E-state index contributed by atoms with van der Waals surface area (Å²) in [6, 6.07) is 0. The van der Waals surface area contributed by atoms with E-state index in [9.17, 15) is 24.9 Å². The number of hydrogen-bond acceptors (Lipinski definition) is 5. The molecule has 154 valence electrons. The second-order valence-corrected chi connectivity index (χ2v) is 9.78. The highest BCUT2D eigenvalue weighted by Crippen LogP contribution is 2.68. The van der Waals surface area contributed by atoms with Crippen LogP contribution in [0.1, 0.15) is 46.5 Å². The average Bonchev–Trinajstić information content (AvgIpc) is 2.64. The van der Waals surface area contributed by atoms with Crippen molar-refractivity contribution < 1.29 is 29.3 Å². The minimum atomic E-state index is -2.01. The standard InChI is InChI=1S/C22H29FO5/c1-12-8-16-15-5-4-13-9-14(25)6-7-19(13,2)22(15,23)17(26)10-20(16,3)21(28,11-24)18(12)27/h6-7,9,12,15-17,24,26,28H,4-5,8,10-11H2,1-3H3/t12-,15-,16-,17-,19-,20-,21+,22-/m0/s1. The topological polar surface area (TPSA) is 94.8 Å². The summed E-state index contributed by atoms with van der Waals surface area (Å²) in [5.74, 6) is -2.05. The number of ketones is 2. The molecule has 8 atom stereocenters. The second kappa shape index (κ2) is 5.83. The molecule has 0 saturated heterocycles. The predicted molar refractivity (Wildman–Crippen MR) is 99.9 cm³/mol. The van der Waals surface area contributed by atoms with Gasteiger partial charge in [0.25, 0.3) is 0 Å². The maximum absolute atomic E-state index is 16.9. The molecule has 0 radical (unpaired) electrons. The molecule has 0 unspecified atom stereocenters. The number of aliphatic hydroxyl groups is 3. The molecule has 4 aliphatic rings. The molecule has 3 saturated carbocycles. The number of Topliss-reactive ketones (excluding diaryl/α,β-unsaturated/α-hetero) is 1. The third-order valence-electron chi connectivity index (χ3n) is 8.67. The van der Waals surface area contributed by atoms with E-state index in [-0.39, 0.29) is 18.1 Å². The minimum absolute atomic E-state index is 0.120. The number of carbonyl (C=O) groups is 2. The largest absolute Gasteiger partial charge is 0.393 e. The molecule has 0 aromatic heterocycles. The molecule has 0 spiro atoms. The number of rotatable bonds is 1. The molecule has 0 bridgehead atoms. The molecule has 28 heavy (non-hydrogen) atoms. The molecule has 0 aliphatic heterocycles. The lowest BCUT2D eigenvalue weighted by Gasteiger charge is -2.66. The first-order chi connectivity index (χ1) is 13.0. The van der Waals surface area contributed by atoms with Crippen LogP contribution in [-0.2, 0) is 9.59 Å². The van der Waals surface area contributed by atoms with Gasteiger partial charge in [-0.2, -0.15) is 0 Å². The quantitative estimate of drug-likeness (QED) is 0.634. The molecule has 4 rings (SSSR count). The fourth-order valence-electron chi connectivity index (χ4n) is 6.91. The van der Waals surface area contributed by atoms with Crippen molar-refractivity contribution in [1.29, 1.82) is 0 Å². The monoisotopic (exact) mass is 392 g/mol. The summed E-state index contributed by atoms with van der Waals surface area (Å²) in [5.41, 5.74) is -5.52. The van der Waals surface area contributed by atoms with Gasteiger partial charge >= 0.3 is 0 Å². The maximum atomic E-state index is 16.9. The van der Waals surface area contributed by atoms with Gasteiger partial charge < -0.3 is 15.3 Å². The molecular weight excluding hydrogens is 363 g/mol. The first-order valence-electron chi connectivity index (χ1n) is 10.1. The van der Waals surface area contributed by atoms with Crippen molar-refractivity contribution >= 4 is 11.6 Å². The van der Waals surface area contributed by atoms with Crippen LogP contribution in [0.5, 0.6) is 0 Å². The molecule has 0 aromatic carbocycles. The van der Waals surface area contributed by atoms with E-state index in [2.05, 4.69) is 0 Å². The minimum Gasteiger partial charge on any atom is -0.393 e. The molecule has 5 nitrogen and oxygen atoms in total. The van der Waals surface area contributed by atoms with E-state index in [0.29, 0.717) is 24.8 Å². The van der Waals surface area contributed by atoms with Gasteiger partial charge in [-0.25, -0.2) is 4.39 Å². The van der Waals surface area contributed by atoms with Crippen LogP contribution in [0.3, 0.4) is 0 Å². The van der Waals surface area contributed by atoms with Crippen molar-refractivity contribution in [1.82, 2.24) is 0 Å². The number of alkyl halides is 1. The summed E-state index contributed by atoms with van der Waals surface area (Å²) in [4.78, 5) is 24.6. The Morgan fingerprint density at radius 3 is 2.57 bits per heavy atom. The zero-order valence-electron chi connectivity index (χ0n) is 16.6. The van der Waals surface area contributed by atoms with Crippen molar-refractivity contribution in [2.24, 2.45) is 28.6 Å². The van der Waals surface area contributed by atoms with Gasteiger partial charge in [0.2, 0.25) is 0 Å². The summed E-state index contributed by atoms with van der Waals surface area (Å²) in [7, 11) is 0. The van der Waals surface area contributed by atoms with Crippen LogP contribution in [0.15, 0.2) is 23.8 Å². The van der Waals surface area contributed by atoms with Crippen LogP contribution >= 0.6 is 0 Å². The third kappa shape index (κ3) is 2.06. The van der Waals surface area contributed by atoms with Crippen molar-refractivity contribution in [3.05, 3.63) is 23.8 Å². The lowest BCUT2D eigenvalue weighted by Crippen LogP contribution is -2.74. The first-order valence-corrected chi connectivity index (χ1v) is 10.1. The molecule has 0 amide bonds. The van der Waals surface area contributed by atoms with E-state index in [1.54, 1.807) is 26.8 Å². The van der Waals surface area contributed by atoms with Crippen LogP contribution in [-0.4, -0.2) is 50.9 Å². The fraction of sp³-hybridized carbons (Fsp3) is 0.727. The van der Waals surface area contributed by atoms with Gasteiger partial charge in [-0.3, -0.25) is 9.59 Å². The molecule has 4 aliphatic carbocycles. The van der Waals surface area contributed by atoms with E-state index in [4.69, 9.17) is 0 Å². The lowest BCUT2D eigenvalue weighted by molar-refractivity contribution is -0.254. The van der Waals surface area contributed by atoms with Gasteiger partial charge in [-0.05, 0) is 50.7 Å². The smallest absolute Gasteiger partial charge is 0.178 e. The first kappa shape index (κ1) is 19.9. The van der Waals surface area contributed by atoms with E-state index in [0.717, 1.165) is 0 Å². The van der Waals surface area contributed by atoms with Crippen LogP contribution in [0.2, 0.25) is 0 Å². The summed E-state index contributed by atoms with van der Waals surface area (Å²) >= 11 is 0. The van der Waals surface area contributed by atoms with Crippen molar-refractivity contribution in [3.63, 3.8) is 0 Å². The maximum Gasteiger partial charge on any atom is 0.178 e. The Balaban J connectivity index is 1.86. The zero-order valence-corrected chi connectivity index (χ0v) is 16.6. The highest BCUT2D eigenvalue weighted by molar-refractivity contribution is 6.01. The molecule has 0 heterocycles. The van der Waals surface area contributed by atoms with E-state index in [1.807, 2.05) is 0 Å². The van der Waals surface area contributed by atoms with E-state index in [1.165, 1.54) is 12.2 Å². The van der Waals surface area contributed by atoms with Crippen LogP contribution in [0.25, 0.3) is 0 Å². The predicted octanol–water partition coefficient (Wildman–Crippen LogP) is 1.90. The Labute approximate surface area is 164 Å². The SMILES string of the molecule is C[C@H]1C[C@H]2[C@@H]3CCC4=CC(=O)C=C[C@]4(C)[C@@]3(F)[C@@H](O)C[C@]2(C)[C@@](O)(CO)C1=O. The van der Waals surface area contributed by atoms with Gasteiger partial charge in [0.1, 0.15) is 0 Å². The molecule has 3 fully saturated rings. The van der Waals surface area contributed by atoms with Gasteiger partial charge in [-0.1, -0.05) is 25.5 Å².